The van der Waals surface area contributed by atoms with Gasteiger partial charge in [-0.25, -0.2) is 0 Å². The molecule has 30 heavy (non-hydrogen) atoms. The van der Waals surface area contributed by atoms with Gasteiger partial charge >= 0.3 is 5.97 Å². The van der Waals surface area contributed by atoms with E-state index < -0.39 is 11.0 Å². The van der Waals surface area contributed by atoms with Crippen molar-refractivity contribution in [1.82, 2.24) is 0 Å². The highest BCUT2D eigenvalue weighted by Crippen LogP contribution is 2.62. The third-order valence-corrected chi connectivity index (χ3v) is 6.61. The Balaban J connectivity index is 1.73. The summed E-state index contributed by atoms with van der Waals surface area (Å²) in [6, 6.07) is 25.4. The molecule has 0 aliphatic carbocycles. The zero-order valence-corrected chi connectivity index (χ0v) is 17.1. The number of fused-ring (bicyclic) bond motifs is 2. The smallest absolute Gasteiger partial charge is 0.323 e. The number of benzene rings is 3. The fourth-order valence-electron chi connectivity index (χ4n) is 5.19. The van der Waals surface area contributed by atoms with Gasteiger partial charge in [0.25, 0.3) is 5.91 Å². The third-order valence-electron chi connectivity index (χ3n) is 6.61. The summed E-state index contributed by atoms with van der Waals surface area (Å²) < 4.78 is 5.88. The van der Waals surface area contributed by atoms with Crippen molar-refractivity contribution in [3.05, 3.63) is 101 Å². The van der Waals surface area contributed by atoms with Crippen molar-refractivity contribution in [2.45, 2.75) is 37.8 Å². The van der Waals surface area contributed by atoms with Gasteiger partial charge in [0.1, 0.15) is 5.41 Å². The van der Waals surface area contributed by atoms with E-state index in [-0.39, 0.29) is 11.9 Å². The van der Waals surface area contributed by atoms with Crippen LogP contribution in [-0.2, 0) is 31.9 Å². The molecule has 1 fully saturated rings. The van der Waals surface area contributed by atoms with E-state index >= 15 is 0 Å². The molecule has 3 aromatic carbocycles. The largest absolute Gasteiger partial charge is 0.441 e. The summed E-state index contributed by atoms with van der Waals surface area (Å²) in [4.78, 5) is 28.9. The molecule has 4 heteroatoms. The fraction of sp³-hybridized carbons (Fsp3) is 0.231. The molecule has 3 aromatic rings. The molecule has 1 saturated heterocycles. The second-order valence-corrected chi connectivity index (χ2v) is 8.04. The molecule has 2 aliphatic heterocycles. The molecular formula is C26H23NO3. The number of para-hydroxylation sites is 1. The van der Waals surface area contributed by atoms with Crippen LogP contribution in [0.2, 0.25) is 0 Å². The Morgan fingerprint density at radius 2 is 1.53 bits per heavy atom. The number of anilines is 1. The van der Waals surface area contributed by atoms with E-state index in [0.29, 0.717) is 13.0 Å². The van der Waals surface area contributed by atoms with Crippen LogP contribution >= 0.6 is 0 Å². The molecule has 0 saturated carbocycles. The molecule has 2 aliphatic rings. The predicted octanol–water partition coefficient (Wildman–Crippen LogP) is 4.64. The van der Waals surface area contributed by atoms with Gasteiger partial charge in [-0.15, -0.1) is 0 Å². The summed E-state index contributed by atoms with van der Waals surface area (Å²) in [6.45, 7) is 4.39. The minimum atomic E-state index is -1.32. The van der Waals surface area contributed by atoms with Crippen LogP contribution in [0.5, 0.6) is 0 Å². The van der Waals surface area contributed by atoms with Gasteiger partial charge in [0, 0.05) is 5.56 Å². The summed E-state index contributed by atoms with van der Waals surface area (Å²) in [7, 11) is 0. The van der Waals surface area contributed by atoms with Gasteiger partial charge in [-0.05, 0) is 30.0 Å². The summed E-state index contributed by atoms with van der Waals surface area (Å²) >= 11 is 0. The zero-order valence-electron chi connectivity index (χ0n) is 17.1. The lowest BCUT2D eigenvalue weighted by molar-refractivity contribution is -0.223. The van der Waals surface area contributed by atoms with Crippen LogP contribution in [0, 0.1) is 6.92 Å². The fourth-order valence-corrected chi connectivity index (χ4v) is 5.19. The lowest BCUT2D eigenvalue weighted by Gasteiger charge is -2.53. The van der Waals surface area contributed by atoms with Crippen molar-refractivity contribution in [1.29, 1.82) is 0 Å². The number of hydrogen-bond acceptors (Lipinski definition) is 3. The van der Waals surface area contributed by atoms with Gasteiger partial charge in [0.2, 0.25) is 5.60 Å². The Kier molecular flexibility index (Phi) is 4.07. The highest BCUT2D eigenvalue weighted by atomic mass is 16.6. The van der Waals surface area contributed by atoms with E-state index in [9.17, 15) is 9.59 Å². The molecule has 5 rings (SSSR count). The van der Waals surface area contributed by atoms with Crippen LogP contribution in [0.1, 0.15) is 35.6 Å². The first-order valence-corrected chi connectivity index (χ1v) is 10.3. The van der Waals surface area contributed by atoms with Crippen molar-refractivity contribution in [2.75, 3.05) is 4.90 Å². The first kappa shape index (κ1) is 18.6. The third kappa shape index (κ3) is 2.16. The topological polar surface area (TPSA) is 46.6 Å². The number of amides is 1. The van der Waals surface area contributed by atoms with Gasteiger partial charge in [-0.3, -0.25) is 9.59 Å². The van der Waals surface area contributed by atoms with Crippen molar-refractivity contribution < 1.29 is 14.3 Å². The van der Waals surface area contributed by atoms with Crippen molar-refractivity contribution >= 4 is 17.6 Å². The highest BCUT2D eigenvalue weighted by Gasteiger charge is 2.77. The number of ether oxygens (including phenoxy) is 1. The Morgan fingerprint density at radius 3 is 2.17 bits per heavy atom. The first-order chi connectivity index (χ1) is 14.6. The number of rotatable bonds is 4. The number of nitrogens with zero attached hydrogens (tertiary/aromatic N) is 1. The molecular weight excluding hydrogens is 374 g/mol. The highest BCUT2D eigenvalue weighted by molar-refractivity contribution is 6.16. The number of carbonyl (C=O) groups is 2. The summed E-state index contributed by atoms with van der Waals surface area (Å²) in [5.74, 6) is -0.500. The van der Waals surface area contributed by atoms with Crippen LogP contribution in [0.4, 0.5) is 5.69 Å². The van der Waals surface area contributed by atoms with E-state index in [2.05, 4.69) is 0 Å². The number of esters is 1. The SMILES string of the molecule is CC[C@@]1(c2ccccc2)C(=O)O[C@]12C(=O)N(Cc1ccccc1)c1c(C)cccc12. The zero-order chi connectivity index (χ0) is 20.9. The van der Waals surface area contributed by atoms with Crippen LogP contribution in [0.15, 0.2) is 78.9 Å². The predicted molar refractivity (Wildman–Crippen MR) is 115 cm³/mol. The van der Waals surface area contributed by atoms with Crippen LogP contribution < -0.4 is 4.90 Å². The van der Waals surface area contributed by atoms with Crippen LogP contribution in [0.3, 0.4) is 0 Å². The minimum Gasteiger partial charge on any atom is -0.441 e. The Labute approximate surface area is 176 Å². The maximum Gasteiger partial charge on any atom is 0.323 e. The molecule has 1 spiro atoms. The molecule has 2 heterocycles. The van der Waals surface area contributed by atoms with E-state index in [4.69, 9.17) is 4.74 Å². The minimum absolute atomic E-state index is 0.166. The van der Waals surface area contributed by atoms with E-state index in [1.165, 1.54) is 0 Å². The normalized spacial score (nSPS) is 24.5. The van der Waals surface area contributed by atoms with Crippen molar-refractivity contribution in [3.63, 3.8) is 0 Å². The lowest BCUT2D eigenvalue weighted by atomic mass is 9.59. The summed E-state index contributed by atoms with van der Waals surface area (Å²) in [6.07, 6.45) is 0.480. The lowest BCUT2D eigenvalue weighted by Crippen LogP contribution is -2.70. The summed E-state index contributed by atoms with van der Waals surface area (Å²) in [5, 5.41) is 0. The quantitative estimate of drug-likeness (QED) is 0.603. The van der Waals surface area contributed by atoms with E-state index in [1.807, 2.05) is 92.7 Å². The molecule has 0 bridgehead atoms. The van der Waals surface area contributed by atoms with Crippen LogP contribution in [0.25, 0.3) is 0 Å². The number of carbonyl (C=O) groups excluding carboxylic acids is 2. The maximum absolute atomic E-state index is 14.1. The van der Waals surface area contributed by atoms with Gasteiger partial charge in [0.05, 0.1) is 12.2 Å². The number of hydrogen-bond donors (Lipinski definition) is 0. The second-order valence-electron chi connectivity index (χ2n) is 8.04. The first-order valence-electron chi connectivity index (χ1n) is 10.3. The van der Waals surface area contributed by atoms with E-state index in [1.54, 1.807) is 4.90 Å². The van der Waals surface area contributed by atoms with Crippen molar-refractivity contribution in [3.8, 4) is 0 Å². The maximum atomic E-state index is 14.1. The van der Waals surface area contributed by atoms with Crippen LogP contribution in [-0.4, -0.2) is 11.9 Å². The van der Waals surface area contributed by atoms with Gasteiger partial charge in [0.15, 0.2) is 0 Å². The average molecular weight is 397 g/mol. The monoisotopic (exact) mass is 397 g/mol. The molecule has 1 amide bonds. The Morgan fingerprint density at radius 1 is 0.867 bits per heavy atom. The Hall–Kier alpha value is -3.40. The van der Waals surface area contributed by atoms with Gasteiger partial charge < -0.3 is 9.64 Å². The molecule has 4 nitrogen and oxygen atoms in total. The standard InChI is InChI=1S/C26H23NO3/c1-3-25(20-14-8-5-9-15-20)24(29)30-26(25)21-16-10-11-18(2)22(21)27(23(26)28)17-19-12-6-4-7-13-19/h4-16H,3,17H2,1-2H3/t25-,26-/m1/s1. The van der Waals surface area contributed by atoms with Gasteiger partial charge in [-0.1, -0.05) is 85.8 Å². The molecule has 2 atom stereocenters. The molecule has 150 valence electrons. The summed E-state index contributed by atoms with van der Waals surface area (Å²) in [5.41, 5.74) is 2.14. The molecule has 0 unspecified atom stereocenters. The van der Waals surface area contributed by atoms with E-state index in [0.717, 1.165) is 27.9 Å². The molecule has 0 radical (unpaired) electrons. The average Bonchev–Trinajstić information content (AvgIpc) is 3.01. The number of aryl methyl sites for hydroxylation is 1. The van der Waals surface area contributed by atoms with Crippen molar-refractivity contribution in [2.24, 2.45) is 0 Å². The molecule has 0 N–H and O–H groups in total. The molecule has 0 aromatic heterocycles. The Bertz CT molecular complexity index is 1140. The second kappa shape index (κ2) is 6.56. The van der Waals surface area contributed by atoms with Gasteiger partial charge in [-0.2, -0.15) is 0 Å².